The SMILES string of the molecule is NC(=S)CS(=O)(=O)N1CCc2ccccc2C1. The van der Waals surface area contributed by atoms with E-state index >= 15 is 0 Å². The number of sulfonamides is 1. The van der Waals surface area contributed by atoms with Crippen LogP contribution in [0.2, 0.25) is 0 Å². The van der Waals surface area contributed by atoms with Gasteiger partial charge in [0.25, 0.3) is 0 Å². The summed E-state index contributed by atoms with van der Waals surface area (Å²) >= 11 is 4.66. The molecular formula is C11H14N2O2S2. The molecule has 6 heteroatoms. The van der Waals surface area contributed by atoms with E-state index in [2.05, 4.69) is 12.2 Å². The smallest absolute Gasteiger partial charge is 0.220 e. The second-order valence-corrected chi connectivity index (χ2v) is 6.57. The summed E-state index contributed by atoms with van der Waals surface area (Å²) in [4.78, 5) is 0.0175. The van der Waals surface area contributed by atoms with Crippen molar-refractivity contribution in [3.63, 3.8) is 0 Å². The van der Waals surface area contributed by atoms with Crippen LogP contribution in [0.15, 0.2) is 24.3 Å². The first kappa shape index (κ1) is 12.5. The third-order valence-electron chi connectivity index (χ3n) is 2.81. The highest BCUT2D eigenvalue weighted by Crippen LogP contribution is 2.20. The van der Waals surface area contributed by atoms with E-state index in [-0.39, 0.29) is 10.7 Å². The minimum Gasteiger partial charge on any atom is -0.392 e. The second kappa shape index (κ2) is 4.72. The largest absolute Gasteiger partial charge is 0.392 e. The fraction of sp³-hybridized carbons (Fsp3) is 0.364. The number of nitrogens with zero attached hydrogens (tertiary/aromatic N) is 1. The first-order chi connectivity index (χ1) is 7.99. The molecule has 4 nitrogen and oxygen atoms in total. The molecule has 2 rings (SSSR count). The van der Waals surface area contributed by atoms with E-state index in [0.717, 1.165) is 12.0 Å². The van der Waals surface area contributed by atoms with Crippen LogP contribution in [0.5, 0.6) is 0 Å². The normalized spacial score (nSPS) is 16.5. The average molecular weight is 270 g/mol. The Hall–Kier alpha value is -0.980. The van der Waals surface area contributed by atoms with Gasteiger partial charge in [-0.2, -0.15) is 4.31 Å². The Kier molecular flexibility index (Phi) is 3.46. The fourth-order valence-electron chi connectivity index (χ4n) is 1.98. The molecule has 1 aliphatic rings. The predicted octanol–water partition coefficient (Wildman–Crippen LogP) is 0.661. The zero-order chi connectivity index (χ0) is 12.5. The van der Waals surface area contributed by atoms with Crippen molar-refractivity contribution in [1.82, 2.24) is 4.31 Å². The summed E-state index contributed by atoms with van der Waals surface area (Å²) in [6.07, 6.45) is 0.743. The van der Waals surface area contributed by atoms with Crippen molar-refractivity contribution in [1.29, 1.82) is 0 Å². The number of hydrogen-bond acceptors (Lipinski definition) is 3. The Balaban J connectivity index is 2.20. The molecule has 1 aromatic rings. The number of thiocarbonyl (C=S) groups is 1. The summed E-state index contributed by atoms with van der Waals surface area (Å²) < 4.78 is 25.4. The van der Waals surface area contributed by atoms with Gasteiger partial charge in [0.2, 0.25) is 10.0 Å². The summed E-state index contributed by atoms with van der Waals surface area (Å²) in [5.41, 5.74) is 7.58. The average Bonchev–Trinajstić information content (AvgIpc) is 2.26. The molecule has 0 aliphatic carbocycles. The van der Waals surface area contributed by atoms with Gasteiger partial charge in [-0.05, 0) is 17.5 Å². The van der Waals surface area contributed by atoms with Crippen molar-refractivity contribution < 1.29 is 8.42 Å². The lowest BCUT2D eigenvalue weighted by Crippen LogP contribution is -2.40. The Morgan fingerprint density at radius 3 is 2.65 bits per heavy atom. The van der Waals surface area contributed by atoms with E-state index in [1.165, 1.54) is 9.87 Å². The Morgan fingerprint density at radius 1 is 1.35 bits per heavy atom. The Labute approximate surface area is 106 Å². The van der Waals surface area contributed by atoms with Gasteiger partial charge < -0.3 is 5.73 Å². The van der Waals surface area contributed by atoms with Gasteiger partial charge in [-0.1, -0.05) is 36.5 Å². The molecule has 0 aromatic heterocycles. The lowest BCUT2D eigenvalue weighted by atomic mass is 10.0. The minimum absolute atomic E-state index is 0.0175. The molecule has 1 aromatic carbocycles. The lowest BCUT2D eigenvalue weighted by molar-refractivity contribution is 0.393. The summed E-state index contributed by atoms with van der Waals surface area (Å²) in [6.45, 7) is 0.920. The Bertz CT molecular complexity index is 540. The van der Waals surface area contributed by atoms with Crippen molar-refractivity contribution in [2.24, 2.45) is 5.73 Å². The maximum atomic E-state index is 12.0. The third-order valence-corrected chi connectivity index (χ3v) is 4.92. The van der Waals surface area contributed by atoms with Crippen molar-refractivity contribution in [3.05, 3.63) is 35.4 Å². The summed E-state index contributed by atoms with van der Waals surface area (Å²) in [7, 11) is -3.36. The molecule has 2 N–H and O–H groups in total. The van der Waals surface area contributed by atoms with Crippen LogP contribution in [-0.4, -0.2) is 30.0 Å². The highest BCUT2D eigenvalue weighted by molar-refractivity contribution is 7.92. The first-order valence-electron chi connectivity index (χ1n) is 5.32. The van der Waals surface area contributed by atoms with Crippen LogP contribution in [0.1, 0.15) is 11.1 Å². The maximum absolute atomic E-state index is 12.0. The molecular weight excluding hydrogens is 256 g/mol. The standard InChI is InChI=1S/C11H14N2O2S2/c12-11(16)8-17(14,15)13-6-5-9-3-1-2-4-10(9)7-13/h1-4H,5-8H2,(H2,12,16). The van der Waals surface area contributed by atoms with Crippen molar-refractivity contribution >= 4 is 27.2 Å². The van der Waals surface area contributed by atoms with Gasteiger partial charge in [-0.25, -0.2) is 8.42 Å². The molecule has 1 aliphatic heterocycles. The molecule has 0 fully saturated rings. The molecule has 0 amide bonds. The van der Waals surface area contributed by atoms with E-state index < -0.39 is 10.0 Å². The van der Waals surface area contributed by atoms with Gasteiger partial charge in [0.15, 0.2) is 0 Å². The molecule has 0 unspecified atom stereocenters. The zero-order valence-electron chi connectivity index (χ0n) is 9.30. The number of fused-ring (bicyclic) bond motifs is 1. The predicted molar refractivity (Wildman–Crippen MR) is 71.1 cm³/mol. The second-order valence-electron chi connectivity index (χ2n) is 4.07. The summed E-state index contributed by atoms with van der Waals surface area (Å²) in [5, 5.41) is 0. The van der Waals surface area contributed by atoms with Crippen LogP contribution in [0, 0.1) is 0 Å². The molecule has 0 spiro atoms. The lowest BCUT2D eigenvalue weighted by Gasteiger charge is -2.27. The summed E-state index contributed by atoms with van der Waals surface area (Å²) in [5.74, 6) is -0.246. The molecule has 0 bridgehead atoms. The van der Waals surface area contributed by atoms with Gasteiger partial charge in [0, 0.05) is 13.1 Å². The monoisotopic (exact) mass is 270 g/mol. The van der Waals surface area contributed by atoms with Crippen LogP contribution in [0.4, 0.5) is 0 Å². The van der Waals surface area contributed by atoms with Crippen LogP contribution in [0.25, 0.3) is 0 Å². The van der Waals surface area contributed by atoms with Crippen molar-refractivity contribution in [2.45, 2.75) is 13.0 Å². The van der Waals surface area contributed by atoms with Crippen LogP contribution in [-0.2, 0) is 23.0 Å². The number of hydrogen-bond donors (Lipinski definition) is 1. The number of rotatable bonds is 3. The molecule has 17 heavy (non-hydrogen) atoms. The molecule has 0 radical (unpaired) electrons. The van der Waals surface area contributed by atoms with Crippen LogP contribution < -0.4 is 5.73 Å². The molecule has 0 saturated heterocycles. The van der Waals surface area contributed by atoms with Crippen molar-refractivity contribution in [3.8, 4) is 0 Å². The van der Waals surface area contributed by atoms with E-state index in [9.17, 15) is 8.42 Å². The molecule has 0 atom stereocenters. The number of nitrogens with two attached hydrogens (primary N) is 1. The van der Waals surface area contributed by atoms with E-state index in [4.69, 9.17) is 5.73 Å². The minimum atomic E-state index is -3.36. The third kappa shape index (κ3) is 2.83. The van der Waals surface area contributed by atoms with E-state index in [0.29, 0.717) is 13.1 Å². The van der Waals surface area contributed by atoms with E-state index in [1.807, 2.05) is 24.3 Å². The number of benzene rings is 1. The quantitative estimate of drug-likeness (QED) is 0.820. The topological polar surface area (TPSA) is 63.4 Å². The zero-order valence-corrected chi connectivity index (χ0v) is 10.9. The fourth-order valence-corrected chi connectivity index (χ4v) is 3.67. The highest BCUT2D eigenvalue weighted by Gasteiger charge is 2.26. The van der Waals surface area contributed by atoms with E-state index in [1.54, 1.807) is 0 Å². The first-order valence-corrected chi connectivity index (χ1v) is 7.34. The van der Waals surface area contributed by atoms with Crippen molar-refractivity contribution in [2.75, 3.05) is 12.3 Å². The van der Waals surface area contributed by atoms with Gasteiger partial charge >= 0.3 is 0 Å². The van der Waals surface area contributed by atoms with Gasteiger partial charge in [0.1, 0.15) is 5.75 Å². The molecule has 1 heterocycles. The highest BCUT2D eigenvalue weighted by atomic mass is 32.2. The van der Waals surface area contributed by atoms with Gasteiger partial charge in [-0.15, -0.1) is 0 Å². The van der Waals surface area contributed by atoms with Crippen LogP contribution >= 0.6 is 12.2 Å². The summed E-state index contributed by atoms with van der Waals surface area (Å²) in [6, 6.07) is 7.88. The maximum Gasteiger partial charge on any atom is 0.220 e. The van der Waals surface area contributed by atoms with Crippen LogP contribution in [0.3, 0.4) is 0 Å². The molecule has 92 valence electrons. The van der Waals surface area contributed by atoms with Gasteiger partial charge in [-0.3, -0.25) is 0 Å². The van der Waals surface area contributed by atoms with Gasteiger partial charge in [0.05, 0.1) is 4.99 Å². The Morgan fingerprint density at radius 2 is 2.00 bits per heavy atom. The molecule has 0 saturated carbocycles.